The van der Waals surface area contributed by atoms with Crippen LogP contribution in [0.5, 0.6) is 5.75 Å². The number of fused-ring (bicyclic) bond motifs is 1. The highest BCUT2D eigenvalue weighted by molar-refractivity contribution is 7.98. The number of rotatable bonds is 1. The van der Waals surface area contributed by atoms with E-state index in [-0.39, 0.29) is 5.82 Å². The number of halogens is 1. The molecule has 1 atom stereocenters. The van der Waals surface area contributed by atoms with Gasteiger partial charge in [-0.1, -0.05) is 0 Å². The van der Waals surface area contributed by atoms with Gasteiger partial charge in [-0.15, -0.1) is 0 Å². The summed E-state index contributed by atoms with van der Waals surface area (Å²) in [6.07, 6.45) is 0.101. The number of aliphatic hydroxyl groups excluding tert-OH is 1. The lowest BCUT2D eigenvalue weighted by Gasteiger charge is -2.13. The molecule has 0 aromatic heterocycles. The molecule has 0 amide bonds. The number of thioether (sulfide) groups is 1. The average Bonchev–Trinajstić information content (AvgIpc) is 2.41. The molecule has 1 heterocycles. The Hall–Kier alpha value is -0.740. The predicted octanol–water partition coefficient (Wildman–Crippen LogP) is 2.50. The molecule has 1 N–H and O–H groups in total. The van der Waals surface area contributed by atoms with Crippen molar-refractivity contribution in [2.24, 2.45) is 0 Å². The lowest BCUT2D eigenvalue weighted by molar-refractivity contribution is 0.174. The molecule has 0 aliphatic carbocycles. The van der Waals surface area contributed by atoms with Crippen molar-refractivity contribution in [2.45, 2.75) is 18.3 Å². The van der Waals surface area contributed by atoms with Gasteiger partial charge in [0.15, 0.2) is 0 Å². The van der Waals surface area contributed by atoms with Crippen LogP contribution >= 0.6 is 11.8 Å². The second kappa shape index (κ2) is 4.41. The van der Waals surface area contributed by atoms with Crippen molar-refractivity contribution in [1.82, 2.24) is 0 Å². The highest BCUT2D eigenvalue weighted by Gasteiger charge is 2.20. The van der Waals surface area contributed by atoms with Crippen LogP contribution in [-0.4, -0.2) is 18.0 Å². The maximum atomic E-state index is 13.7. The van der Waals surface area contributed by atoms with Crippen molar-refractivity contribution in [3.63, 3.8) is 0 Å². The highest BCUT2D eigenvalue weighted by Crippen LogP contribution is 2.34. The van der Waals surface area contributed by atoms with Crippen molar-refractivity contribution < 1.29 is 14.2 Å². The average molecular weight is 228 g/mol. The van der Waals surface area contributed by atoms with Gasteiger partial charge in [-0.2, -0.15) is 11.8 Å². The summed E-state index contributed by atoms with van der Waals surface area (Å²) in [5.74, 6) is 1.68. The summed E-state index contributed by atoms with van der Waals surface area (Å²) < 4.78 is 18.7. The molecule has 15 heavy (non-hydrogen) atoms. The van der Waals surface area contributed by atoms with Crippen LogP contribution in [0.15, 0.2) is 12.1 Å². The minimum Gasteiger partial charge on any atom is -0.497 e. The fourth-order valence-corrected chi connectivity index (χ4v) is 2.77. The van der Waals surface area contributed by atoms with Crippen LogP contribution in [0.4, 0.5) is 4.39 Å². The van der Waals surface area contributed by atoms with E-state index in [1.54, 1.807) is 17.8 Å². The number of hydrogen-bond acceptors (Lipinski definition) is 3. The monoisotopic (exact) mass is 228 g/mol. The summed E-state index contributed by atoms with van der Waals surface area (Å²) in [7, 11) is 1.50. The maximum absolute atomic E-state index is 13.7. The van der Waals surface area contributed by atoms with E-state index in [2.05, 4.69) is 0 Å². The van der Waals surface area contributed by atoms with Crippen LogP contribution in [0.25, 0.3) is 0 Å². The molecule has 1 aromatic carbocycles. The van der Waals surface area contributed by atoms with E-state index in [1.807, 2.05) is 0 Å². The van der Waals surface area contributed by atoms with E-state index >= 15 is 0 Å². The van der Waals surface area contributed by atoms with Crippen LogP contribution < -0.4 is 4.74 Å². The lowest BCUT2D eigenvalue weighted by Crippen LogP contribution is -2.02. The van der Waals surface area contributed by atoms with Crippen LogP contribution in [0, 0.1) is 5.82 Å². The summed E-state index contributed by atoms with van der Waals surface area (Å²) in [4.78, 5) is 0. The van der Waals surface area contributed by atoms with Crippen molar-refractivity contribution in [1.29, 1.82) is 0 Å². The van der Waals surface area contributed by atoms with E-state index in [0.29, 0.717) is 29.1 Å². The molecule has 1 aliphatic rings. The third-order valence-electron chi connectivity index (χ3n) is 2.58. The smallest absolute Gasteiger partial charge is 0.131 e. The molecule has 0 bridgehead atoms. The van der Waals surface area contributed by atoms with E-state index in [0.717, 1.165) is 5.75 Å². The number of benzene rings is 1. The van der Waals surface area contributed by atoms with Gasteiger partial charge in [0, 0.05) is 17.4 Å². The summed E-state index contributed by atoms with van der Waals surface area (Å²) in [6.45, 7) is 0. The highest BCUT2D eigenvalue weighted by atomic mass is 32.2. The molecule has 4 heteroatoms. The van der Waals surface area contributed by atoms with Gasteiger partial charge in [-0.3, -0.25) is 0 Å². The zero-order valence-corrected chi connectivity index (χ0v) is 9.31. The van der Waals surface area contributed by atoms with Crippen molar-refractivity contribution in [3.05, 3.63) is 29.1 Å². The molecular formula is C11H13FO2S. The number of aliphatic hydroxyl groups is 1. The van der Waals surface area contributed by atoms with Gasteiger partial charge in [-0.05, 0) is 23.8 Å². The van der Waals surface area contributed by atoms with Gasteiger partial charge in [0.1, 0.15) is 11.6 Å². The van der Waals surface area contributed by atoms with Crippen molar-refractivity contribution >= 4 is 11.8 Å². The Morgan fingerprint density at radius 3 is 3.07 bits per heavy atom. The summed E-state index contributed by atoms with van der Waals surface area (Å²) >= 11 is 1.65. The summed E-state index contributed by atoms with van der Waals surface area (Å²) in [5.41, 5.74) is 1.29. The Labute approximate surface area is 92.4 Å². The minimum absolute atomic E-state index is 0.280. The second-order valence-corrected chi connectivity index (χ2v) is 4.64. The molecule has 1 aromatic rings. The zero-order chi connectivity index (χ0) is 10.8. The minimum atomic E-state index is -0.570. The maximum Gasteiger partial charge on any atom is 0.131 e. The Morgan fingerprint density at radius 1 is 1.53 bits per heavy atom. The van der Waals surface area contributed by atoms with Gasteiger partial charge in [-0.25, -0.2) is 4.39 Å². The van der Waals surface area contributed by atoms with Crippen LogP contribution in [0.3, 0.4) is 0 Å². The van der Waals surface area contributed by atoms with Gasteiger partial charge >= 0.3 is 0 Å². The fourth-order valence-electron chi connectivity index (χ4n) is 1.72. The summed E-state index contributed by atoms with van der Waals surface area (Å²) in [5, 5.41) is 9.85. The van der Waals surface area contributed by atoms with E-state index < -0.39 is 6.10 Å². The molecule has 0 fully saturated rings. The van der Waals surface area contributed by atoms with Crippen LogP contribution in [-0.2, 0) is 5.75 Å². The predicted molar refractivity (Wildman–Crippen MR) is 58.7 cm³/mol. The number of hydrogen-bond donors (Lipinski definition) is 1. The first-order valence-corrected chi connectivity index (χ1v) is 6.00. The van der Waals surface area contributed by atoms with Gasteiger partial charge < -0.3 is 9.84 Å². The standard InChI is InChI=1S/C11H13FO2S/c1-14-7-4-8-9(10(12)5-7)6-15-3-2-11(8)13/h4-5,11,13H,2-3,6H2,1H3. The SMILES string of the molecule is COc1cc(F)c2c(c1)C(O)CCSC2. The lowest BCUT2D eigenvalue weighted by atomic mass is 10.0. The third-order valence-corrected chi connectivity index (χ3v) is 3.60. The Balaban J connectivity index is 2.50. The van der Waals surface area contributed by atoms with Gasteiger partial charge in [0.05, 0.1) is 13.2 Å². The first-order valence-electron chi connectivity index (χ1n) is 4.84. The van der Waals surface area contributed by atoms with Gasteiger partial charge in [0.2, 0.25) is 0 Å². The second-order valence-electron chi connectivity index (χ2n) is 3.53. The molecule has 1 unspecified atom stereocenters. The first-order chi connectivity index (χ1) is 7.22. The molecule has 2 nitrogen and oxygen atoms in total. The quantitative estimate of drug-likeness (QED) is 0.800. The fraction of sp³-hybridized carbons (Fsp3) is 0.455. The van der Waals surface area contributed by atoms with E-state index in [1.165, 1.54) is 13.2 Å². The molecule has 1 aliphatic heterocycles. The van der Waals surface area contributed by atoms with E-state index in [9.17, 15) is 9.50 Å². The Kier molecular flexibility index (Phi) is 3.17. The topological polar surface area (TPSA) is 29.5 Å². The third kappa shape index (κ3) is 2.11. The van der Waals surface area contributed by atoms with Crippen molar-refractivity contribution in [2.75, 3.05) is 12.9 Å². The molecular weight excluding hydrogens is 215 g/mol. The molecule has 0 saturated carbocycles. The number of ether oxygens (including phenoxy) is 1. The molecule has 0 saturated heterocycles. The van der Waals surface area contributed by atoms with Crippen LogP contribution in [0.1, 0.15) is 23.7 Å². The first kappa shape index (κ1) is 10.8. The largest absolute Gasteiger partial charge is 0.497 e. The Bertz CT molecular complexity index is 368. The Morgan fingerprint density at radius 2 is 2.33 bits per heavy atom. The molecule has 82 valence electrons. The summed E-state index contributed by atoms with van der Waals surface area (Å²) in [6, 6.07) is 3.10. The van der Waals surface area contributed by atoms with Gasteiger partial charge in [0.25, 0.3) is 0 Å². The van der Waals surface area contributed by atoms with Crippen LogP contribution in [0.2, 0.25) is 0 Å². The molecule has 0 radical (unpaired) electrons. The normalized spacial score (nSPS) is 20.6. The van der Waals surface area contributed by atoms with Crippen molar-refractivity contribution in [3.8, 4) is 5.75 Å². The zero-order valence-electron chi connectivity index (χ0n) is 8.50. The molecule has 2 rings (SSSR count). The van der Waals surface area contributed by atoms with E-state index in [4.69, 9.17) is 4.74 Å². The molecule has 0 spiro atoms. The number of methoxy groups -OCH3 is 1.